The molecule has 152 valence electrons. The summed E-state index contributed by atoms with van der Waals surface area (Å²) < 4.78 is 7.87. The summed E-state index contributed by atoms with van der Waals surface area (Å²) in [6.45, 7) is 6.73. The maximum Gasteiger partial charge on any atom is 0.216 e. The number of ether oxygens (including phenoxy) is 1. The first-order valence-corrected chi connectivity index (χ1v) is 14.6. The number of aryl methyl sites for hydroxylation is 1. The van der Waals surface area contributed by atoms with E-state index >= 15 is 0 Å². The van der Waals surface area contributed by atoms with Crippen molar-refractivity contribution >= 4 is 80.2 Å². The highest BCUT2D eigenvalue weighted by Gasteiger charge is 2.27. The summed E-state index contributed by atoms with van der Waals surface area (Å²) in [5.41, 5.74) is 4.23. The largest absolute Gasteiger partial charge is 0.475 e. The molecule has 0 aliphatic carbocycles. The van der Waals surface area contributed by atoms with Crippen LogP contribution in [-0.4, -0.2) is 38.6 Å². The first-order valence-electron chi connectivity index (χ1n) is 8.91. The molecule has 1 N–H and O–H groups in total. The Kier molecular flexibility index (Phi) is 5.99. The molecule has 3 heterocycles. The first-order chi connectivity index (χ1) is 13.8. The topological polar surface area (TPSA) is 64.3 Å². The monoisotopic (exact) mass is 559 g/mol. The van der Waals surface area contributed by atoms with E-state index in [4.69, 9.17) is 21.3 Å². The zero-order chi connectivity index (χ0) is 20.8. The molecular weight excluding hydrogens is 540 g/mol. The van der Waals surface area contributed by atoms with Gasteiger partial charge in [-0.25, -0.2) is 15.0 Å². The number of anilines is 2. The van der Waals surface area contributed by atoms with E-state index in [9.17, 15) is 0 Å². The number of halogens is 2. The second kappa shape index (κ2) is 8.21. The van der Waals surface area contributed by atoms with Gasteiger partial charge in [-0.3, -0.25) is 4.34 Å². The van der Waals surface area contributed by atoms with Gasteiger partial charge >= 0.3 is 0 Å². The lowest BCUT2D eigenvalue weighted by Crippen LogP contribution is -2.17. The predicted molar refractivity (Wildman–Crippen MR) is 133 cm³/mol. The Balaban J connectivity index is 1.73. The van der Waals surface area contributed by atoms with Crippen LogP contribution < -0.4 is 5.32 Å². The maximum absolute atomic E-state index is 6.31. The van der Waals surface area contributed by atoms with Crippen molar-refractivity contribution in [2.24, 2.45) is 4.99 Å². The van der Waals surface area contributed by atoms with Crippen LogP contribution in [0, 0.1) is 6.92 Å². The summed E-state index contributed by atoms with van der Waals surface area (Å²) in [6, 6.07) is 7.99. The van der Waals surface area contributed by atoms with Gasteiger partial charge in [-0.15, -0.1) is 11.8 Å². The normalized spacial score (nSPS) is 15.9. The van der Waals surface area contributed by atoms with Crippen LogP contribution in [0.1, 0.15) is 25.2 Å². The molecular formula is C19H20ClIN5OPS. The van der Waals surface area contributed by atoms with E-state index in [2.05, 4.69) is 67.8 Å². The van der Waals surface area contributed by atoms with Crippen molar-refractivity contribution in [2.45, 2.75) is 31.2 Å². The number of nitrogens with one attached hydrogen (secondary N) is 1. The highest BCUT2D eigenvalue weighted by Crippen LogP contribution is 2.37. The quantitative estimate of drug-likeness (QED) is 0.174. The fourth-order valence-corrected chi connectivity index (χ4v) is 6.04. The van der Waals surface area contributed by atoms with Gasteiger partial charge in [0, 0.05) is 16.5 Å². The van der Waals surface area contributed by atoms with Gasteiger partial charge < -0.3 is 10.1 Å². The number of hydrogen-bond donors (Lipinski definition) is 1. The van der Waals surface area contributed by atoms with Gasteiger partial charge in [0.15, 0.2) is 5.65 Å². The number of hydrogen-bond acceptors (Lipinski definition) is 6. The van der Waals surface area contributed by atoms with Crippen molar-refractivity contribution in [1.29, 1.82) is 0 Å². The first kappa shape index (κ1) is 21.2. The van der Waals surface area contributed by atoms with Crippen molar-refractivity contribution < 1.29 is 4.74 Å². The number of aliphatic imine (C=N–C) groups is 1. The molecule has 1 aliphatic heterocycles. The van der Waals surface area contributed by atoms with Crippen molar-refractivity contribution in [2.75, 3.05) is 18.2 Å². The van der Waals surface area contributed by atoms with Crippen LogP contribution in [0.5, 0.6) is 0 Å². The predicted octanol–water partition coefficient (Wildman–Crippen LogP) is 6.21. The molecule has 1 aromatic carbocycles. The summed E-state index contributed by atoms with van der Waals surface area (Å²) in [7, 11) is 0. The fraction of sp³-hybridized carbons (Fsp3) is 0.316. The number of nitrogens with zero attached hydrogens (tertiary/aromatic N) is 4. The lowest BCUT2D eigenvalue weighted by atomic mass is 10.1. The van der Waals surface area contributed by atoms with Crippen LogP contribution >= 0.6 is 51.8 Å². The van der Waals surface area contributed by atoms with Crippen LogP contribution in [-0.2, 0) is 4.74 Å². The molecule has 0 saturated carbocycles. The number of fused-ring (bicyclic) bond motifs is 1. The Morgan fingerprint density at radius 2 is 2.07 bits per heavy atom. The van der Waals surface area contributed by atoms with Gasteiger partial charge in [0.2, 0.25) is 5.90 Å². The summed E-state index contributed by atoms with van der Waals surface area (Å²) in [5.74, 6) is 1.62. The van der Waals surface area contributed by atoms with Gasteiger partial charge in [0.1, 0.15) is 23.1 Å². The van der Waals surface area contributed by atoms with E-state index in [0.717, 1.165) is 38.8 Å². The summed E-state index contributed by atoms with van der Waals surface area (Å²) >= 11 is 10.3. The van der Waals surface area contributed by atoms with Gasteiger partial charge in [-0.05, 0) is 67.3 Å². The minimum Gasteiger partial charge on any atom is -0.475 e. The van der Waals surface area contributed by atoms with Gasteiger partial charge in [-0.1, -0.05) is 11.6 Å². The summed E-state index contributed by atoms with van der Waals surface area (Å²) in [5, 5.41) is 3.94. The van der Waals surface area contributed by atoms with Crippen LogP contribution in [0.25, 0.3) is 11.2 Å². The molecule has 0 radical (unpaired) electrons. The number of imidazole rings is 1. The zero-order valence-electron chi connectivity index (χ0n) is 16.4. The fourth-order valence-electron chi connectivity index (χ4n) is 3.13. The minimum atomic E-state index is -0.179. The molecule has 0 amide bonds. The third kappa shape index (κ3) is 4.22. The van der Waals surface area contributed by atoms with Crippen molar-refractivity contribution in [3.8, 4) is 0 Å². The highest BCUT2D eigenvalue weighted by atomic mass is 127. The minimum absolute atomic E-state index is 0.179. The molecule has 0 bridgehead atoms. The molecule has 0 spiro atoms. The maximum atomic E-state index is 6.31. The molecule has 29 heavy (non-hydrogen) atoms. The van der Waals surface area contributed by atoms with Crippen LogP contribution in [0.15, 0.2) is 34.2 Å². The molecule has 1 aliphatic rings. The molecule has 2 aromatic heterocycles. The van der Waals surface area contributed by atoms with Gasteiger partial charge in [-0.2, -0.15) is 0 Å². The Labute approximate surface area is 193 Å². The highest BCUT2D eigenvalue weighted by molar-refractivity contribution is 14.2. The summed E-state index contributed by atoms with van der Waals surface area (Å²) in [6.07, 6.45) is 2.56. The number of rotatable bonds is 5. The number of benzene rings is 1. The number of pyridine rings is 1. The van der Waals surface area contributed by atoms with E-state index in [1.54, 1.807) is 11.8 Å². The molecule has 6 nitrogen and oxygen atoms in total. The van der Waals surface area contributed by atoms with Crippen LogP contribution in [0.2, 0.25) is 5.15 Å². The smallest absolute Gasteiger partial charge is 0.216 e. The van der Waals surface area contributed by atoms with E-state index in [1.165, 1.54) is 0 Å². The van der Waals surface area contributed by atoms with E-state index in [0.29, 0.717) is 24.0 Å². The lowest BCUT2D eigenvalue weighted by Gasteiger charge is -2.13. The molecule has 0 saturated heterocycles. The molecule has 10 heteroatoms. The lowest BCUT2D eigenvalue weighted by molar-refractivity contribution is 0.279. The van der Waals surface area contributed by atoms with Crippen molar-refractivity contribution in [3.05, 3.63) is 40.8 Å². The number of aromatic nitrogens is 3. The third-order valence-electron chi connectivity index (χ3n) is 4.52. The Bertz CT molecular complexity index is 1130. The van der Waals surface area contributed by atoms with Crippen LogP contribution in [0.3, 0.4) is 0 Å². The summed E-state index contributed by atoms with van der Waals surface area (Å²) in [4.78, 5) is 15.0. The van der Waals surface area contributed by atoms with Crippen molar-refractivity contribution in [3.63, 3.8) is 0 Å². The zero-order valence-corrected chi connectivity index (χ0v) is 21.1. The van der Waals surface area contributed by atoms with E-state index in [1.807, 2.05) is 25.1 Å². The Morgan fingerprint density at radius 1 is 1.28 bits per heavy atom. The molecule has 4 rings (SSSR count). The molecule has 3 aromatic rings. The Morgan fingerprint density at radius 3 is 2.72 bits per heavy atom. The molecule has 1 atom stereocenters. The molecule has 0 fully saturated rings. The molecule has 1 unspecified atom stereocenters. The van der Waals surface area contributed by atoms with Gasteiger partial charge in [0.25, 0.3) is 0 Å². The average Bonchev–Trinajstić information content (AvgIpc) is 3.20. The Hall–Kier alpha value is -1.09. The standard InChI is InChI=1S/C19H20ClIN5OPS/c1-10-22-16-13(8-15(20)24-17(16)26(10)28-21)23-12-6-5-11(7-14(12)29-4)18-25-19(2,3)9-27-18/h5-8,28H,9H2,1-4H3,(H,23,24). The second-order valence-electron chi connectivity index (χ2n) is 7.30. The van der Waals surface area contributed by atoms with Gasteiger partial charge in [0.05, 0.1) is 23.3 Å². The third-order valence-corrected chi connectivity index (χ3v) is 7.64. The van der Waals surface area contributed by atoms with Crippen LogP contribution in [0.4, 0.5) is 11.4 Å². The van der Waals surface area contributed by atoms with E-state index in [-0.39, 0.29) is 5.54 Å². The van der Waals surface area contributed by atoms with E-state index < -0.39 is 0 Å². The SMILES string of the molecule is CSc1cc(C2=NC(C)(C)CO2)ccc1Nc1cc(Cl)nc2c1nc(C)n2PI. The number of thioether (sulfide) groups is 1. The average molecular weight is 560 g/mol. The van der Waals surface area contributed by atoms with Crippen molar-refractivity contribution in [1.82, 2.24) is 14.3 Å². The second-order valence-corrected chi connectivity index (χ2v) is 10.6.